The monoisotopic (exact) mass is 270 g/mol. The molecule has 2 atom stereocenters. The van der Waals surface area contributed by atoms with E-state index < -0.39 is 22.6 Å². The predicted octanol–water partition coefficient (Wildman–Crippen LogP) is 2.69. The van der Waals surface area contributed by atoms with Gasteiger partial charge in [0.25, 0.3) is 0 Å². The Labute approximate surface area is 114 Å². The number of hydrogen-bond acceptors (Lipinski definition) is 3. The first-order valence-corrected chi connectivity index (χ1v) is 6.87. The van der Waals surface area contributed by atoms with Crippen LogP contribution in [-0.4, -0.2) is 15.4 Å². The van der Waals surface area contributed by atoms with Crippen molar-refractivity contribution in [1.82, 2.24) is 0 Å². The van der Waals surface area contributed by atoms with Crippen LogP contribution in [0.4, 0.5) is 0 Å². The Hall–Kier alpha value is -0.810. The molecule has 0 spiro atoms. The molecule has 0 radical (unpaired) electrons. The van der Waals surface area contributed by atoms with E-state index in [1.165, 1.54) is 0 Å². The molecule has 0 bridgehead atoms. The molecule has 0 heterocycles. The van der Waals surface area contributed by atoms with Crippen LogP contribution in [0.15, 0.2) is 0 Å². The fourth-order valence-electron chi connectivity index (χ4n) is 0.874. The molecule has 0 saturated carbocycles. The minimum atomic E-state index is -1.98. The molecule has 2 unspecified atom stereocenters. The zero-order valence-electron chi connectivity index (χ0n) is 11.9. The lowest BCUT2D eigenvalue weighted by Crippen LogP contribution is -2.39. The van der Waals surface area contributed by atoms with E-state index in [9.17, 15) is 4.21 Å². The number of hydrogen-bond donors (Lipinski definition) is 0. The maximum Gasteiger partial charge on any atom is 0.307 e. The van der Waals surface area contributed by atoms with E-state index >= 15 is 0 Å². The summed E-state index contributed by atoms with van der Waals surface area (Å²) in [6.07, 6.45) is 10.8. The lowest BCUT2D eigenvalue weighted by molar-refractivity contribution is 0.0529. The van der Waals surface area contributed by atoms with Gasteiger partial charge in [0.2, 0.25) is 0 Å². The van der Waals surface area contributed by atoms with E-state index in [0.717, 1.165) is 0 Å². The van der Waals surface area contributed by atoms with Crippen LogP contribution >= 0.6 is 0 Å². The van der Waals surface area contributed by atoms with Gasteiger partial charge < -0.3 is 0 Å². The molecular formula is C14H22O3S. The molecule has 0 N–H and O–H groups in total. The van der Waals surface area contributed by atoms with E-state index in [2.05, 4.69) is 11.8 Å². The summed E-state index contributed by atoms with van der Waals surface area (Å²) in [6.45, 7) is 10.9. The van der Waals surface area contributed by atoms with Crippen LogP contribution in [-0.2, 0) is 19.7 Å². The van der Waals surface area contributed by atoms with Crippen molar-refractivity contribution in [2.45, 2.75) is 52.7 Å². The molecule has 0 aliphatic heterocycles. The molecule has 0 saturated heterocycles. The van der Waals surface area contributed by atoms with Crippen LogP contribution in [0.5, 0.6) is 0 Å². The quantitative estimate of drug-likeness (QED) is 0.696. The van der Waals surface area contributed by atoms with Gasteiger partial charge in [0.15, 0.2) is 0 Å². The fraction of sp³-hybridized carbons (Fsp3) is 0.714. The highest BCUT2D eigenvalue weighted by atomic mass is 32.2. The zero-order chi connectivity index (χ0) is 14.6. The fourth-order valence-corrected chi connectivity index (χ4v) is 1.95. The molecule has 18 heavy (non-hydrogen) atoms. The van der Waals surface area contributed by atoms with Gasteiger partial charge in [0.1, 0.15) is 11.2 Å². The van der Waals surface area contributed by atoms with Crippen LogP contribution in [0.2, 0.25) is 0 Å². The summed E-state index contributed by atoms with van der Waals surface area (Å²) < 4.78 is 22.5. The highest BCUT2D eigenvalue weighted by Gasteiger charge is 2.35. The molecule has 3 nitrogen and oxygen atoms in total. The summed E-state index contributed by atoms with van der Waals surface area (Å²) in [4.78, 5) is 0. The SMILES string of the molecule is C#CC(C)(OS(=O)OC(C)(C#C)C(C)C)C(C)C. The Kier molecular flexibility index (Phi) is 6.10. The van der Waals surface area contributed by atoms with E-state index in [0.29, 0.717) is 0 Å². The molecular weight excluding hydrogens is 248 g/mol. The van der Waals surface area contributed by atoms with Crippen LogP contribution in [0.1, 0.15) is 41.5 Å². The third-order valence-corrected chi connectivity index (χ3v) is 4.22. The van der Waals surface area contributed by atoms with E-state index in [1.807, 2.05) is 27.7 Å². The summed E-state index contributed by atoms with van der Waals surface area (Å²) in [5.74, 6) is 5.00. The molecule has 0 fully saturated rings. The number of terminal acetylenes is 2. The second kappa shape index (κ2) is 6.38. The predicted molar refractivity (Wildman–Crippen MR) is 74.5 cm³/mol. The van der Waals surface area contributed by atoms with Crippen molar-refractivity contribution in [2.24, 2.45) is 11.8 Å². The molecule has 0 aliphatic carbocycles. The second-order valence-electron chi connectivity index (χ2n) is 5.18. The van der Waals surface area contributed by atoms with Crippen LogP contribution in [0.25, 0.3) is 0 Å². The Morgan fingerprint density at radius 2 is 1.22 bits per heavy atom. The van der Waals surface area contributed by atoms with E-state index in [4.69, 9.17) is 21.2 Å². The van der Waals surface area contributed by atoms with Gasteiger partial charge in [-0.2, -0.15) is 4.21 Å². The molecule has 4 heteroatoms. The van der Waals surface area contributed by atoms with Crippen molar-refractivity contribution in [3.63, 3.8) is 0 Å². The van der Waals surface area contributed by atoms with E-state index in [-0.39, 0.29) is 11.8 Å². The molecule has 0 amide bonds. The normalized spacial score (nSPS) is 19.7. The first kappa shape index (κ1) is 17.2. The van der Waals surface area contributed by atoms with Gasteiger partial charge >= 0.3 is 11.4 Å². The van der Waals surface area contributed by atoms with Gasteiger partial charge in [-0.05, 0) is 25.7 Å². The summed E-state index contributed by atoms with van der Waals surface area (Å²) in [7, 11) is 0. The maximum atomic E-state index is 11.9. The molecule has 0 aliphatic rings. The molecule has 0 rings (SSSR count). The summed E-state index contributed by atoms with van der Waals surface area (Å²) in [5.41, 5.74) is -1.89. The molecule has 0 aromatic rings. The Balaban J connectivity index is 4.83. The Morgan fingerprint density at radius 3 is 1.39 bits per heavy atom. The Bertz CT molecular complexity index is 353. The first-order valence-electron chi connectivity index (χ1n) is 5.87. The van der Waals surface area contributed by atoms with Crippen LogP contribution in [0, 0.1) is 36.5 Å². The third-order valence-electron chi connectivity index (χ3n) is 3.26. The van der Waals surface area contributed by atoms with Crippen molar-refractivity contribution in [2.75, 3.05) is 0 Å². The van der Waals surface area contributed by atoms with Crippen molar-refractivity contribution < 1.29 is 12.6 Å². The molecule has 0 aromatic heterocycles. The van der Waals surface area contributed by atoms with Gasteiger partial charge in [-0.15, -0.1) is 12.8 Å². The largest absolute Gasteiger partial charge is 0.307 e. The van der Waals surface area contributed by atoms with Crippen LogP contribution in [0.3, 0.4) is 0 Å². The third kappa shape index (κ3) is 4.14. The molecule has 102 valence electrons. The number of rotatable bonds is 6. The minimum Gasteiger partial charge on any atom is -0.249 e. The Morgan fingerprint density at radius 1 is 0.944 bits per heavy atom. The van der Waals surface area contributed by atoms with Gasteiger partial charge in [-0.25, -0.2) is 8.37 Å². The van der Waals surface area contributed by atoms with Crippen molar-refractivity contribution >= 4 is 11.4 Å². The van der Waals surface area contributed by atoms with Gasteiger partial charge in [-0.3, -0.25) is 0 Å². The van der Waals surface area contributed by atoms with Gasteiger partial charge in [0.05, 0.1) is 0 Å². The van der Waals surface area contributed by atoms with Crippen molar-refractivity contribution in [3.8, 4) is 24.7 Å². The van der Waals surface area contributed by atoms with Gasteiger partial charge in [-0.1, -0.05) is 39.5 Å². The smallest absolute Gasteiger partial charge is 0.249 e. The highest BCUT2D eigenvalue weighted by Crippen LogP contribution is 2.26. The summed E-state index contributed by atoms with van der Waals surface area (Å²) in [6, 6.07) is 0. The highest BCUT2D eigenvalue weighted by molar-refractivity contribution is 7.75. The topological polar surface area (TPSA) is 35.5 Å². The summed E-state index contributed by atoms with van der Waals surface area (Å²) in [5, 5.41) is 0. The molecule has 0 aromatic carbocycles. The van der Waals surface area contributed by atoms with Crippen molar-refractivity contribution in [1.29, 1.82) is 0 Å². The van der Waals surface area contributed by atoms with Crippen LogP contribution < -0.4 is 0 Å². The lowest BCUT2D eigenvalue weighted by atomic mass is 9.94. The average Bonchev–Trinajstić information content (AvgIpc) is 2.27. The maximum absolute atomic E-state index is 11.9. The van der Waals surface area contributed by atoms with E-state index in [1.54, 1.807) is 13.8 Å². The zero-order valence-corrected chi connectivity index (χ0v) is 12.8. The summed E-state index contributed by atoms with van der Waals surface area (Å²) >= 11 is -1.98. The lowest BCUT2D eigenvalue weighted by Gasteiger charge is -2.30. The second-order valence-corrected chi connectivity index (χ2v) is 5.92. The standard InChI is InChI=1S/C14H22O3S/c1-9-13(7,11(3)4)16-18(15)17-14(8,10-2)12(5)6/h1-2,11-12H,3-8H3. The average molecular weight is 270 g/mol. The van der Waals surface area contributed by atoms with Gasteiger partial charge in [0, 0.05) is 0 Å². The first-order chi connectivity index (χ1) is 8.11. The van der Waals surface area contributed by atoms with Crippen molar-refractivity contribution in [3.05, 3.63) is 0 Å². The minimum absolute atomic E-state index is 0.00573.